The Bertz CT molecular complexity index is 561. The Morgan fingerprint density at radius 2 is 2.05 bits per heavy atom. The average Bonchev–Trinajstić information content (AvgIpc) is 2.95. The van der Waals surface area contributed by atoms with Crippen molar-refractivity contribution in [1.29, 1.82) is 0 Å². The Labute approximate surface area is 123 Å². The van der Waals surface area contributed by atoms with E-state index in [-0.39, 0.29) is 11.6 Å². The molecule has 1 aliphatic carbocycles. The topological polar surface area (TPSA) is 82.5 Å². The van der Waals surface area contributed by atoms with Crippen LogP contribution in [0.25, 0.3) is 0 Å². The van der Waals surface area contributed by atoms with Gasteiger partial charge in [0.25, 0.3) is 0 Å². The summed E-state index contributed by atoms with van der Waals surface area (Å²) in [6.07, 6.45) is 8.48. The van der Waals surface area contributed by atoms with Gasteiger partial charge in [-0.3, -0.25) is 4.98 Å². The first-order chi connectivity index (χ1) is 10.1. The fourth-order valence-electron chi connectivity index (χ4n) is 3.53. The number of rotatable bonds is 2. The summed E-state index contributed by atoms with van der Waals surface area (Å²) in [6, 6.07) is 1.63. The molecule has 2 unspecified atom stereocenters. The summed E-state index contributed by atoms with van der Waals surface area (Å²) in [5.41, 5.74) is 0.505. The highest BCUT2D eigenvalue weighted by Gasteiger charge is 2.37. The first-order valence-corrected chi connectivity index (χ1v) is 7.41. The highest BCUT2D eigenvalue weighted by molar-refractivity contribution is 5.92. The number of anilines is 1. The Morgan fingerprint density at radius 1 is 1.24 bits per heavy atom. The van der Waals surface area contributed by atoms with Crippen LogP contribution in [-0.4, -0.2) is 39.6 Å². The highest BCUT2D eigenvalue weighted by atomic mass is 16.4. The van der Waals surface area contributed by atoms with E-state index in [4.69, 9.17) is 5.11 Å². The van der Waals surface area contributed by atoms with Crippen molar-refractivity contribution in [3.63, 3.8) is 0 Å². The number of fused-ring (bicyclic) bond motifs is 1. The van der Waals surface area contributed by atoms with Crippen molar-refractivity contribution in [2.24, 2.45) is 5.92 Å². The molecule has 0 aromatic carbocycles. The van der Waals surface area contributed by atoms with E-state index in [1.807, 2.05) is 4.90 Å². The maximum Gasteiger partial charge on any atom is 0.337 e. The minimum atomic E-state index is -1.05. The van der Waals surface area contributed by atoms with Gasteiger partial charge in [-0.05, 0) is 37.7 Å². The lowest BCUT2D eigenvalue weighted by Crippen LogP contribution is -2.48. The summed E-state index contributed by atoms with van der Waals surface area (Å²) >= 11 is 0. The second kappa shape index (κ2) is 5.71. The van der Waals surface area contributed by atoms with E-state index in [2.05, 4.69) is 10.3 Å². The molecular weight excluding hydrogens is 270 g/mol. The summed E-state index contributed by atoms with van der Waals surface area (Å²) in [5.74, 6) is -0.416. The van der Waals surface area contributed by atoms with Gasteiger partial charge in [0, 0.05) is 18.8 Å². The number of carbonyl (C=O) groups excluding carboxylic acids is 1. The number of hydrogen-bond donors (Lipinski definition) is 2. The van der Waals surface area contributed by atoms with Crippen molar-refractivity contribution in [1.82, 2.24) is 9.88 Å². The number of carbonyl (C=O) groups is 2. The fourth-order valence-corrected chi connectivity index (χ4v) is 3.53. The number of urea groups is 1. The molecule has 6 heteroatoms. The molecule has 1 aromatic heterocycles. The SMILES string of the molecule is O=C(O)c1cncc(NC(=O)N2CCCC3CCCC32)c1. The van der Waals surface area contributed by atoms with Gasteiger partial charge in [-0.1, -0.05) is 6.42 Å². The number of aromatic nitrogens is 1. The van der Waals surface area contributed by atoms with Gasteiger partial charge >= 0.3 is 12.0 Å². The van der Waals surface area contributed by atoms with Gasteiger partial charge in [0.15, 0.2) is 0 Å². The molecule has 2 atom stereocenters. The molecule has 2 aliphatic rings. The van der Waals surface area contributed by atoms with E-state index in [9.17, 15) is 9.59 Å². The fraction of sp³-hybridized carbons (Fsp3) is 0.533. The molecule has 21 heavy (non-hydrogen) atoms. The van der Waals surface area contributed by atoms with Crippen LogP contribution in [-0.2, 0) is 0 Å². The van der Waals surface area contributed by atoms with Gasteiger partial charge in [-0.25, -0.2) is 9.59 Å². The van der Waals surface area contributed by atoms with Crippen LogP contribution in [0.3, 0.4) is 0 Å². The molecule has 1 saturated heterocycles. The third-order valence-electron chi connectivity index (χ3n) is 4.49. The highest BCUT2D eigenvalue weighted by Crippen LogP contribution is 2.36. The van der Waals surface area contributed by atoms with Crippen LogP contribution in [0.15, 0.2) is 18.5 Å². The maximum absolute atomic E-state index is 12.4. The minimum Gasteiger partial charge on any atom is -0.478 e. The summed E-state index contributed by atoms with van der Waals surface area (Å²) in [5, 5.41) is 11.7. The molecule has 0 radical (unpaired) electrons. The van der Waals surface area contributed by atoms with Crippen LogP contribution in [0.5, 0.6) is 0 Å². The largest absolute Gasteiger partial charge is 0.478 e. The molecular formula is C15H19N3O3. The van der Waals surface area contributed by atoms with Gasteiger partial charge < -0.3 is 15.3 Å². The van der Waals surface area contributed by atoms with E-state index in [0.717, 1.165) is 19.4 Å². The van der Waals surface area contributed by atoms with Crippen molar-refractivity contribution in [2.45, 2.75) is 38.1 Å². The molecule has 2 amide bonds. The second-order valence-electron chi connectivity index (χ2n) is 5.79. The predicted octanol–water partition coefficient (Wildman–Crippen LogP) is 2.58. The van der Waals surface area contributed by atoms with Crippen LogP contribution in [0.2, 0.25) is 0 Å². The summed E-state index contributed by atoms with van der Waals surface area (Å²) in [6.45, 7) is 0.777. The Kier molecular flexibility index (Phi) is 3.77. The van der Waals surface area contributed by atoms with Crippen molar-refractivity contribution < 1.29 is 14.7 Å². The van der Waals surface area contributed by atoms with Gasteiger partial charge in [-0.15, -0.1) is 0 Å². The first-order valence-electron chi connectivity index (χ1n) is 7.41. The molecule has 3 rings (SSSR count). The van der Waals surface area contributed by atoms with E-state index in [0.29, 0.717) is 17.6 Å². The zero-order chi connectivity index (χ0) is 14.8. The number of likely N-dealkylation sites (tertiary alicyclic amines) is 1. The Balaban J connectivity index is 1.71. The summed E-state index contributed by atoms with van der Waals surface area (Å²) in [4.78, 5) is 29.1. The number of carboxylic acids is 1. The van der Waals surface area contributed by atoms with E-state index < -0.39 is 5.97 Å². The van der Waals surface area contributed by atoms with Crippen molar-refractivity contribution in [2.75, 3.05) is 11.9 Å². The lowest BCUT2D eigenvalue weighted by Gasteiger charge is -2.37. The molecule has 2 fully saturated rings. The normalized spacial score (nSPS) is 24.5. The summed E-state index contributed by atoms with van der Waals surface area (Å²) in [7, 11) is 0. The standard InChI is InChI=1S/C15H19N3O3/c19-14(20)11-7-12(9-16-8-11)17-15(21)18-6-2-4-10-3-1-5-13(10)18/h7-10,13H,1-6H2,(H,17,21)(H,19,20). The van der Waals surface area contributed by atoms with Crippen LogP contribution in [0, 0.1) is 5.92 Å². The molecule has 1 aromatic rings. The second-order valence-corrected chi connectivity index (χ2v) is 5.79. The molecule has 2 heterocycles. The number of pyridine rings is 1. The maximum atomic E-state index is 12.4. The lowest BCUT2D eigenvalue weighted by atomic mass is 9.92. The Morgan fingerprint density at radius 3 is 2.86 bits per heavy atom. The number of amides is 2. The number of nitrogens with zero attached hydrogens (tertiary/aromatic N) is 2. The average molecular weight is 289 g/mol. The van der Waals surface area contributed by atoms with Crippen LogP contribution in [0.4, 0.5) is 10.5 Å². The molecule has 2 N–H and O–H groups in total. The first kappa shape index (κ1) is 13.9. The van der Waals surface area contributed by atoms with Crippen molar-refractivity contribution >= 4 is 17.7 Å². The van der Waals surface area contributed by atoms with E-state index in [1.54, 1.807) is 0 Å². The molecule has 0 spiro atoms. The molecule has 1 aliphatic heterocycles. The quantitative estimate of drug-likeness (QED) is 0.876. The van der Waals surface area contributed by atoms with Gasteiger partial charge in [-0.2, -0.15) is 0 Å². The predicted molar refractivity (Wildman–Crippen MR) is 77.3 cm³/mol. The lowest BCUT2D eigenvalue weighted by molar-refractivity contribution is 0.0696. The third kappa shape index (κ3) is 2.84. The Hall–Kier alpha value is -2.11. The van der Waals surface area contributed by atoms with Gasteiger partial charge in [0.1, 0.15) is 0 Å². The zero-order valence-electron chi connectivity index (χ0n) is 11.8. The molecule has 0 bridgehead atoms. The zero-order valence-corrected chi connectivity index (χ0v) is 11.8. The van der Waals surface area contributed by atoms with Crippen LogP contribution >= 0.6 is 0 Å². The molecule has 112 valence electrons. The van der Waals surface area contributed by atoms with Gasteiger partial charge in [0.05, 0.1) is 17.4 Å². The minimum absolute atomic E-state index is 0.0742. The number of hydrogen-bond acceptors (Lipinski definition) is 3. The van der Waals surface area contributed by atoms with Crippen molar-refractivity contribution in [3.05, 3.63) is 24.0 Å². The smallest absolute Gasteiger partial charge is 0.337 e. The van der Waals surface area contributed by atoms with Crippen molar-refractivity contribution in [3.8, 4) is 0 Å². The number of carboxylic acid groups (broad SMARTS) is 1. The van der Waals surface area contributed by atoms with E-state index in [1.165, 1.54) is 37.7 Å². The number of piperidine rings is 1. The van der Waals surface area contributed by atoms with E-state index >= 15 is 0 Å². The third-order valence-corrected chi connectivity index (χ3v) is 4.49. The molecule has 1 saturated carbocycles. The van der Waals surface area contributed by atoms with Crippen LogP contribution in [0.1, 0.15) is 42.5 Å². The number of nitrogens with one attached hydrogen (secondary N) is 1. The number of aromatic carboxylic acids is 1. The van der Waals surface area contributed by atoms with Gasteiger partial charge in [0.2, 0.25) is 0 Å². The summed E-state index contributed by atoms with van der Waals surface area (Å²) < 4.78 is 0. The molecule has 6 nitrogen and oxygen atoms in total. The monoisotopic (exact) mass is 289 g/mol. The van der Waals surface area contributed by atoms with Crippen LogP contribution < -0.4 is 5.32 Å².